The lowest BCUT2D eigenvalue weighted by Crippen LogP contribution is -2.23. The first-order valence-corrected chi connectivity index (χ1v) is 9.09. The molecular weight excluding hydrogens is 425 g/mol. The quantitative estimate of drug-likeness (QED) is 0.299. The second-order valence-electron chi connectivity index (χ2n) is 5.96. The average Bonchev–Trinajstić information content (AvgIpc) is 3.12. The van der Waals surface area contributed by atoms with Crippen molar-refractivity contribution in [2.75, 3.05) is 11.9 Å². The van der Waals surface area contributed by atoms with Gasteiger partial charge in [0.15, 0.2) is 29.2 Å². The van der Waals surface area contributed by atoms with Crippen molar-refractivity contribution in [3.63, 3.8) is 0 Å². The number of thiazole rings is 1. The molecule has 0 atom stereocenters. The van der Waals surface area contributed by atoms with E-state index in [1.54, 1.807) is 24.3 Å². The third-order valence-electron chi connectivity index (χ3n) is 3.96. The number of nitrogens with zero attached hydrogens (tertiary/aromatic N) is 1. The van der Waals surface area contributed by atoms with Crippen LogP contribution in [0.15, 0.2) is 45.6 Å². The summed E-state index contributed by atoms with van der Waals surface area (Å²) in [6, 6.07) is 8.55. The smallest absolute Gasteiger partial charge is 0.351 e. The van der Waals surface area contributed by atoms with Gasteiger partial charge in [0, 0.05) is 5.39 Å². The monoisotopic (exact) mass is 434 g/mol. The van der Waals surface area contributed by atoms with E-state index in [9.17, 15) is 27.6 Å². The summed E-state index contributed by atoms with van der Waals surface area (Å²) in [5.74, 6) is -6.47. The van der Waals surface area contributed by atoms with Crippen molar-refractivity contribution >= 4 is 49.5 Å². The van der Waals surface area contributed by atoms with Gasteiger partial charge in [0.25, 0.3) is 5.91 Å². The highest BCUT2D eigenvalue weighted by Crippen LogP contribution is 2.30. The highest BCUT2D eigenvalue weighted by molar-refractivity contribution is 7.22. The molecule has 7 nitrogen and oxygen atoms in total. The second-order valence-corrected chi connectivity index (χ2v) is 6.99. The molecule has 0 unspecified atom stereocenters. The summed E-state index contributed by atoms with van der Waals surface area (Å²) in [6.07, 6.45) is 0. The van der Waals surface area contributed by atoms with E-state index in [-0.39, 0.29) is 15.4 Å². The zero-order valence-corrected chi connectivity index (χ0v) is 15.5. The summed E-state index contributed by atoms with van der Waals surface area (Å²) in [6.45, 7) is -0.785. The van der Waals surface area contributed by atoms with Crippen LogP contribution in [0.1, 0.15) is 10.4 Å². The number of carbonyl (C=O) groups excluding carboxylic acids is 2. The van der Waals surface area contributed by atoms with Gasteiger partial charge in [-0.2, -0.15) is 0 Å². The van der Waals surface area contributed by atoms with Crippen LogP contribution in [-0.2, 0) is 9.53 Å². The number of para-hydroxylation sites is 1. The fraction of sp³-hybridized carbons (Fsp3) is 0.0526. The van der Waals surface area contributed by atoms with Crippen LogP contribution in [-0.4, -0.2) is 23.5 Å². The van der Waals surface area contributed by atoms with Gasteiger partial charge in [-0.05, 0) is 18.2 Å². The Balaban J connectivity index is 1.46. The highest BCUT2D eigenvalue weighted by Gasteiger charge is 2.20. The minimum absolute atomic E-state index is 0.0209. The lowest BCUT2D eigenvalue weighted by Gasteiger charge is -2.04. The fourth-order valence-corrected chi connectivity index (χ4v) is 3.50. The predicted octanol–water partition coefficient (Wildman–Crippen LogP) is 3.62. The predicted molar refractivity (Wildman–Crippen MR) is 101 cm³/mol. The van der Waals surface area contributed by atoms with Crippen molar-refractivity contribution in [1.29, 1.82) is 0 Å². The molecule has 0 fully saturated rings. The first-order chi connectivity index (χ1) is 14.3. The number of ether oxygens (including phenoxy) is 1. The summed E-state index contributed by atoms with van der Waals surface area (Å²) < 4.78 is 50.0. The standard InChI is InChI=1S/C19H9F3N2O5S/c20-10-6-12-16(15(22)14(10)21)24-19(30-12)23-13(25)7-28-17(26)9-5-8-3-1-2-4-11(8)29-18(9)27/h1-6H,7H2,(H,23,24,25). The summed E-state index contributed by atoms with van der Waals surface area (Å²) >= 11 is 0.702. The minimum atomic E-state index is -1.67. The normalized spacial score (nSPS) is 11.0. The van der Waals surface area contributed by atoms with Gasteiger partial charge in [0.2, 0.25) is 0 Å². The van der Waals surface area contributed by atoms with E-state index in [2.05, 4.69) is 10.3 Å². The molecule has 0 spiro atoms. The van der Waals surface area contributed by atoms with Crippen LogP contribution in [0.2, 0.25) is 0 Å². The number of halogens is 3. The van der Waals surface area contributed by atoms with Gasteiger partial charge in [-0.3, -0.25) is 10.1 Å². The number of hydrogen-bond donors (Lipinski definition) is 1. The molecule has 152 valence electrons. The van der Waals surface area contributed by atoms with Crippen LogP contribution >= 0.6 is 11.3 Å². The molecule has 1 amide bonds. The van der Waals surface area contributed by atoms with Crippen molar-refractivity contribution in [1.82, 2.24) is 4.98 Å². The van der Waals surface area contributed by atoms with Crippen molar-refractivity contribution in [2.24, 2.45) is 0 Å². The molecule has 0 aliphatic heterocycles. The van der Waals surface area contributed by atoms with E-state index >= 15 is 0 Å². The molecule has 0 radical (unpaired) electrons. The first kappa shape index (κ1) is 19.6. The SMILES string of the molecule is O=C(COC(=O)c1cc2ccccc2oc1=O)Nc1nc2c(F)c(F)c(F)cc2s1. The highest BCUT2D eigenvalue weighted by atomic mass is 32.1. The maximum absolute atomic E-state index is 13.7. The number of benzene rings is 2. The van der Waals surface area contributed by atoms with Crippen LogP contribution < -0.4 is 10.9 Å². The zero-order chi connectivity index (χ0) is 21.4. The summed E-state index contributed by atoms with van der Waals surface area (Å²) in [5, 5.41) is 2.56. The second kappa shape index (κ2) is 7.59. The van der Waals surface area contributed by atoms with Crippen LogP contribution in [0.25, 0.3) is 21.2 Å². The van der Waals surface area contributed by atoms with Crippen molar-refractivity contribution < 1.29 is 31.9 Å². The van der Waals surface area contributed by atoms with E-state index in [1.165, 1.54) is 6.07 Å². The summed E-state index contributed by atoms with van der Waals surface area (Å²) in [7, 11) is 0. The lowest BCUT2D eigenvalue weighted by molar-refractivity contribution is -0.119. The van der Waals surface area contributed by atoms with Crippen LogP contribution in [0.5, 0.6) is 0 Å². The molecule has 2 aromatic carbocycles. The van der Waals surface area contributed by atoms with Crippen molar-refractivity contribution in [3.05, 3.63) is 69.8 Å². The molecule has 0 saturated heterocycles. The number of carbonyl (C=O) groups is 2. The molecule has 11 heteroatoms. The maximum atomic E-state index is 13.7. The lowest BCUT2D eigenvalue weighted by atomic mass is 10.2. The third kappa shape index (κ3) is 3.62. The molecule has 0 saturated carbocycles. The van der Waals surface area contributed by atoms with Crippen LogP contribution in [0, 0.1) is 17.5 Å². The molecule has 0 aliphatic rings. The topological polar surface area (TPSA) is 98.5 Å². The van der Waals surface area contributed by atoms with E-state index in [4.69, 9.17) is 9.15 Å². The van der Waals surface area contributed by atoms with Crippen molar-refractivity contribution in [3.8, 4) is 0 Å². The Morgan fingerprint density at radius 2 is 1.90 bits per heavy atom. The van der Waals surface area contributed by atoms with E-state index in [0.29, 0.717) is 16.7 Å². The van der Waals surface area contributed by atoms with Crippen LogP contribution in [0.3, 0.4) is 0 Å². The van der Waals surface area contributed by atoms with E-state index in [1.807, 2.05) is 0 Å². The van der Waals surface area contributed by atoms with Crippen molar-refractivity contribution in [2.45, 2.75) is 0 Å². The summed E-state index contributed by atoms with van der Waals surface area (Å²) in [4.78, 5) is 39.7. The molecule has 2 aromatic heterocycles. The number of fused-ring (bicyclic) bond motifs is 2. The molecule has 0 aliphatic carbocycles. The number of hydrogen-bond acceptors (Lipinski definition) is 7. The first-order valence-electron chi connectivity index (χ1n) is 8.27. The molecule has 4 rings (SSSR count). The van der Waals surface area contributed by atoms with Gasteiger partial charge >= 0.3 is 11.6 Å². The Bertz CT molecular complexity index is 1380. The van der Waals surface area contributed by atoms with Gasteiger partial charge in [-0.1, -0.05) is 29.5 Å². The van der Waals surface area contributed by atoms with Gasteiger partial charge < -0.3 is 9.15 Å². The molecule has 0 bridgehead atoms. The Kier molecular flexibility index (Phi) is 4.96. The largest absolute Gasteiger partial charge is 0.452 e. The molecule has 30 heavy (non-hydrogen) atoms. The van der Waals surface area contributed by atoms with E-state index < -0.39 is 52.6 Å². The average molecular weight is 434 g/mol. The Hall–Kier alpha value is -3.73. The number of esters is 1. The third-order valence-corrected chi connectivity index (χ3v) is 4.88. The van der Waals surface area contributed by atoms with Gasteiger partial charge in [0.1, 0.15) is 16.7 Å². The molecular formula is C19H9F3N2O5S. The number of rotatable bonds is 4. The van der Waals surface area contributed by atoms with Gasteiger partial charge in [-0.25, -0.2) is 27.7 Å². The molecule has 4 aromatic rings. The van der Waals surface area contributed by atoms with Crippen LogP contribution in [0.4, 0.5) is 18.3 Å². The van der Waals surface area contributed by atoms with E-state index in [0.717, 1.165) is 6.07 Å². The molecule has 1 N–H and O–H groups in total. The summed E-state index contributed by atoms with van der Waals surface area (Å²) in [5.41, 5.74) is -1.48. The number of aromatic nitrogens is 1. The Morgan fingerprint density at radius 3 is 2.70 bits per heavy atom. The zero-order valence-electron chi connectivity index (χ0n) is 14.7. The minimum Gasteiger partial charge on any atom is -0.452 e. The number of anilines is 1. The maximum Gasteiger partial charge on any atom is 0.351 e. The fourth-order valence-electron chi connectivity index (χ4n) is 2.60. The molecule has 2 heterocycles. The van der Waals surface area contributed by atoms with Gasteiger partial charge in [0.05, 0.1) is 4.70 Å². The van der Waals surface area contributed by atoms with Gasteiger partial charge in [-0.15, -0.1) is 0 Å². The number of amides is 1. The Labute approximate surface area is 168 Å². The Morgan fingerprint density at radius 1 is 1.13 bits per heavy atom. The number of nitrogens with one attached hydrogen (secondary N) is 1.